The molecule has 0 bridgehead atoms. The van der Waals surface area contributed by atoms with Crippen molar-refractivity contribution in [1.29, 1.82) is 0 Å². The number of aliphatic hydroxyl groups is 4. The van der Waals surface area contributed by atoms with Gasteiger partial charge >= 0.3 is 0 Å². The van der Waals surface area contributed by atoms with E-state index in [0.29, 0.717) is 11.4 Å². The molecule has 0 aliphatic carbocycles. The third kappa shape index (κ3) is 4.41. The second kappa shape index (κ2) is 7.37. The van der Waals surface area contributed by atoms with E-state index in [1.165, 1.54) is 0 Å². The van der Waals surface area contributed by atoms with Crippen LogP contribution in [-0.4, -0.2) is 56.8 Å². The molecule has 0 heterocycles. The summed E-state index contributed by atoms with van der Waals surface area (Å²) < 4.78 is 5.38. The fourth-order valence-electron chi connectivity index (χ4n) is 1.41. The van der Waals surface area contributed by atoms with Crippen molar-refractivity contribution in [3.63, 3.8) is 0 Å². The van der Waals surface area contributed by atoms with Gasteiger partial charge in [0.05, 0.1) is 6.61 Å². The maximum Gasteiger partial charge on any atom is 0.155 e. The van der Waals surface area contributed by atoms with Crippen molar-refractivity contribution in [2.45, 2.75) is 24.4 Å². The van der Waals surface area contributed by atoms with Gasteiger partial charge in [-0.1, -0.05) is 12.2 Å². The first-order valence-corrected chi connectivity index (χ1v) is 6.09. The second-order valence-electron chi connectivity index (χ2n) is 4.02. The predicted molar refractivity (Wildman–Crippen MR) is 74.0 cm³/mol. The van der Waals surface area contributed by atoms with Crippen molar-refractivity contribution < 1.29 is 25.2 Å². The summed E-state index contributed by atoms with van der Waals surface area (Å²) in [6.07, 6.45) is -5.50. The number of nitrogen functional groups attached to an aromatic ring is 1. The molecule has 0 unspecified atom stereocenters. The van der Waals surface area contributed by atoms with E-state index in [9.17, 15) is 15.3 Å². The Morgan fingerprint density at radius 1 is 1.16 bits per heavy atom. The summed E-state index contributed by atoms with van der Waals surface area (Å²) >= 11 is 4.73. The first kappa shape index (κ1) is 15.8. The highest BCUT2D eigenvalue weighted by atomic mass is 32.1. The van der Waals surface area contributed by atoms with Gasteiger partial charge in [0, 0.05) is 11.1 Å². The Morgan fingerprint density at radius 3 is 2.21 bits per heavy atom. The van der Waals surface area contributed by atoms with Crippen LogP contribution in [-0.2, 0) is 0 Å². The van der Waals surface area contributed by atoms with E-state index < -0.39 is 31.0 Å². The average molecular weight is 287 g/mol. The molecule has 0 radical (unpaired) electrons. The van der Waals surface area contributed by atoms with Gasteiger partial charge in [0.2, 0.25) is 0 Å². The molecule has 0 aromatic heterocycles. The molecule has 19 heavy (non-hydrogen) atoms. The molecule has 0 saturated carbocycles. The molecule has 1 aromatic rings. The number of benzene rings is 1. The van der Waals surface area contributed by atoms with Crippen LogP contribution in [0.15, 0.2) is 24.3 Å². The number of thiocarbonyl (C=S) groups is 1. The number of ether oxygens (including phenoxy) is 1. The maximum absolute atomic E-state index is 9.83. The van der Waals surface area contributed by atoms with Crippen LogP contribution in [0.5, 0.6) is 5.75 Å². The van der Waals surface area contributed by atoms with Crippen molar-refractivity contribution in [2.24, 2.45) is 0 Å². The Balaban J connectivity index is 2.72. The van der Waals surface area contributed by atoms with E-state index in [-0.39, 0.29) is 0 Å². The normalized spacial score (nSPS) is 17.3. The fraction of sp³-hybridized carbons (Fsp3) is 0.417. The highest BCUT2D eigenvalue weighted by Gasteiger charge is 2.31. The van der Waals surface area contributed by atoms with Crippen molar-refractivity contribution in [2.75, 3.05) is 12.3 Å². The minimum absolute atomic E-state index is 0.407. The molecule has 0 aliphatic rings. The van der Waals surface area contributed by atoms with Gasteiger partial charge in [-0.05, 0) is 24.3 Å². The van der Waals surface area contributed by atoms with Gasteiger partial charge < -0.3 is 30.9 Å². The summed E-state index contributed by atoms with van der Waals surface area (Å²) in [5.74, 6) is 0.407. The summed E-state index contributed by atoms with van der Waals surface area (Å²) in [6.45, 7) is -0.676. The standard InChI is InChI=1S/C12H17NO5S/c13-7-1-3-8(4-2-7)18-10(6-19)12(17)11(16)9(15)5-14/h1-4,6,9-12,14-17H,5,13H2/t9-,10+,11+,12-/m1/s1. The number of anilines is 1. The van der Waals surface area contributed by atoms with E-state index in [1.54, 1.807) is 24.3 Å². The van der Waals surface area contributed by atoms with Crippen LogP contribution in [0.25, 0.3) is 0 Å². The molecular formula is C12H17NO5S. The highest BCUT2D eigenvalue weighted by Crippen LogP contribution is 2.17. The largest absolute Gasteiger partial charge is 0.483 e. The quantitative estimate of drug-likeness (QED) is 0.326. The van der Waals surface area contributed by atoms with Crippen LogP contribution in [0.3, 0.4) is 0 Å². The second-order valence-corrected chi connectivity index (χ2v) is 4.29. The molecular weight excluding hydrogens is 270 g/mol. The zero-order valence-electron chi connectivity index (χ0n) is 10.1. The van der Waals surface area contributed by atoms with Gasteiger partial charge in [-0.3, -0.25) is 0 Å². The number of hydrogen-bond acceptors (Lipinski definition) is 7. The van der Waals surface area contributed by atoms with Crippen molar-refractivity contribution in [3.8, 4) is 5.75 Å². The number of nitrogens with two attached hydrogens (primary N) is 1. The molecule has 6 N–H and O–H groups in total. The van der Waals surface area contributed by atoms with E-state index in [2.05, 4.69) is 0 Å². The summed E-state index contributed by atoms with van der Waals surface area (Å²) in [6, 6.07) is 6.40. The monoisotopic (exact) mass is 287 g/mol. The molecule has 4 atom stereocenters. The molecule has 6 nitrogen and oxygen atoms in total. The molecule has 0 saturated heterocycles. The summed E-state index contributed by atoms with van der Waals surface area (Å²) in [4.78, 5) is 0. The predicted octanol–water partition coefficient (Wildman–Crippen LogP) is -0.909. The van der Waals surface area contributed by atoms with E-state index in [1.807, 2.05) is 0 Å². The van der Waals surface area contributed by atoms with Gasteiger partial charge in [-0.15, -0.1) is 0 Å². The molecule has 0 amide bonds. The highest BCUT2D eigenvalue weighted by molar-refractivity contribution is 7.79. The van der Waals surface area contributed by atoms with Crippen LogP contribution in [0, 0.1) is 0 Å². The summed E-state index contributed by atoms with van der Waals surface area (Å²) in [5, 5.41) is 38.5. The third-order valence-electron chi connectivity index (χ3n) is 2.55. The minimum Gasteiger partial charge on any atom is -0.483 e. The van der Waals surface area contributed by atoms with Gasteiger partial charge in [0.1, 0.15) is 24.1 Å². The molecule has 106 valence electrons. The van der Waals surface area contributed by atoms with Gasteiger partial charge in [0.15, 0.2) is 6.10 Å². The smallest absolute Gasteiger partial charge is 0.155 e. The van der Waals surface area contributed by atoms with Crippen LogP contribution in [0.2, 0.25) is 0 Å². The van der Waals surface area contributed by atoms with Crippen LogP contribution in [0.1, 0.15) is 0 Å². The Hall–Kier alpha value is -1.25. The van der Waals surface area contributed by atoms with Crippen LogP contribution in [0.4, 0.5) is 5.69 Å². The van der Waals surface area contributed by atoms with Gasteiger partial charge in [-0.2, -0.15) is 0 Å². The topological polar surface area (TPSA) is 116 Å². The Labute approximate surface area is 116 Å². The third-order valence-corrected chi connectivity index (χ3v) is 2.82. The zero-order chi connectivity index (χ0) is 14.4. The lowest BCUT2D eigenvalue weighted by Crippen LogP contribution is -2.48. The van der Waals surface area contributed by atoms with Crippen molar-refractivity contribution >= 4 is 23.3 Å². The molecule has 1 rings (SSSR count). The van der Waals surface area contributed by atoms with Gasteiger partial charge in [0.25, 0.3) is 0 Å². The van der Waals surface area contributed by atoms with Gasteiger partial charge in [-0.25, -0.2) is 0 Å². The first-order valence-electron chi connectivity index (χ1n) is 5.62. The molecule has 0 fully saturated rings. The lowest BCUT2D eigenvalue weighted by molar-refractivity contribution is -0.0956. The lowest BCUT2D eigenvalue weighted by Gasteiger charge is -2.26. The van der Waals surface area contributed by atoms with Crippen LogP contribution >= 0.6 is 12.2 Å². The number of rotatable bonds is 7. The van der Waals surface area contributed by atoms with E-state index in [4.69, 9.17) is 27.8 Å². The van der Waals surface area contributed by atoms with E-state index in [0.717, 1.165) is 5.37 Å². The van der Waals surface area contributed by atoms with Crippen LogP contribution < -0.4 is 10.5 Å². The SMILES string of the molecule is Nc1ccc(O[C@@H](C=S)[C@@H](O)[C@@H](O)[C@H](O)CO)cc1. The van der Waals surface area contributed by atoms with Crippen molar-refractivity contribution in [3.05, 3.63) is 24.3 Å². The Kier molecular flexibility index (Phi) is 6.13. The minimum atomic E-state index is -1.57. The molecule has 1 aromatic carbocycles. The van der Waals surface area contributed by atoms with Crippen molar-refractivity contribution in [1.82, 2.24) is 0 Å². The molecule has 7 heteroatoms. The summed E-state index contributed by atoms with van der Waals surface area (Å²) in [7, 11) is 0. The summed E-state index contributed by atoms with van der Waals surface area (Å²) in [5.41, 5.74) is 6.08. The number of aliphatic hydroxyl groups excluding tert-OH is 4. The fourth-order valence-corrected chi connectivity index (χ4v) is 1.63. The zero-order valence-corrected chi connectivity index (χ0v) is 10.9. The molecule has 0 aliphatic heterocycles. The number of hydrogen-bond donors (Lipinski definition) is 5. The Bertz CT molecular complexity index is 400. The van der Waals surface area contributed by atoms with E-state index >= 15 is 0 Å². The molecule has 0 spiro atoms. The Morgan fingerprint density at radius 2 is 1.74 bits per heavy atom. The first-order chi connectivity index (χ1) is 8.99. The average Bonchev–Trinajstić information content (AvgIpc) is 2.44. The lowest BCUT2D eigenvalue weighted by atomic mass is 10.0. The maximum atomic E-state index is 9.83.